The fraction of sp³-hybridized carbons (Fsp3) is 0.280. The first-order valence-corrected chi connectivity index (χ1v) is 9.50. The van der Waals surface area contributed by atoms with Crippen molar-refractivity contribution in [3.63, 3.8) is 0 Å². The molecule has 0 bridgehead atoms. The Balaban J connectivity index is 2.34. The number of hydrogen-bond donors (Lipinski definition) is 0. The van der Waals surface area contributed by atoms with E-state index in [-0.39, 0.29) is 6.71 Å². The van der Waals surface area contributed by atoms with Gasteiger partial charge in [0.15, 0.2) is 0 Å². The predicted octanol–water partition coefficient (Wildman–Crippen LogP) is 4.36. The van der Waals surface area contributed by atoms with Gasteiger partial charge in [-0.2, -0.15) is 0 Å². The van der Waals surface area contributed by atoms with Gasteiger partial charge in [0.1, 0.15) is 0 Å². The van der Waals surface area contributed by atoms with E-state index in [1.165, 1.54) is 55.3 Å². The minimum atomic E-state index is 0.273. The summed E-state index contributed by atoms with van der Waals surface area (Å²) < 4.78 is 0. The molecule has 0 unspecified atom stereocenters. The molecule has 0 radical (unpaired) electrons. The maximum absolute atomic E-state index is 2.40. The average molecular weight is 340 g/mol. The van der Waals surface area contributed by atoms with Crippen LogP contribution in [0.15, 0.2) is 48.5 Å². The van der Waals surface area contributed by atoms with Gasteiger partial charge in [0.25, 0.3) is 0 Å². The molecule has 0 N–H and O–H groups in total. The lowest BCUT2D eigenvalue weighted by Crippen LogP contribution is -2.55. The summed E-state index contributed by atoms with van der Waals surface area (Å²) in [6.07, 6.45) is 0. The van der Waals surface area contributed by atoms with Gasteiger partial charge < -0.3 is 0 Å². The lowest BCUT2D eigenvalue weighted by Gasteiger charge is -2.23. The van der Waals surface area contributed by atoms with Crippen LogP contribution >= 0.6 is 0 Å². The number of aryl methyl sites for hydroxylation is 7. The Labute approximate surface area is 159 Å². The highest BCUT2D eigenvalue weighted by Gasteiger charge is 2.27. The normalized spacial score (nSPS) is 10.9. The third-order valence-corrected chi connectivity index (χ3v) is 5.60. The Morgan fingerprint density at radius 2 is 1.15 bits per heavy atom. The summed E-state index contributed by atoms with van der Waals surface area (Å²) in [5.74, 6) is 0. The molecule has 0 spiro atoms. The van der Waals surface area contributed by atoms with Crippen LogP contribution in [0.25, 0.3) is 0 Å². The Bertz CT molecular complexity index is 943. The van der Waals surface area contributed by atoms with Gasteiger partial charge in [-0.1, -0.05) is 92.7 Å². The molecule has 1 heteroatoms. The number of hydrogen-bond acceptors (Lipinski definition) is 0. The highest BCUT2D eigenvalue weighted by molar-refractivity contribution is 6.96. The predicted molar refractivity (Wildman–Crippen MR) is 117 cm³/mol. The first-order chi connectivity index (χ1) is 12.3. The molecule has 0 heterocycles. The van der Waals surface area contributed by atoms with Gasteiger partial charge in [0, 0.05) is 0 Å². The summed E-state index contributed by atoms with van der Waals surface area (Å²) in [7, 11) is 0. The summed E-state index contributed by atoms with van der Waals surface area (Å²) in [5, 5.41) is 0. The molecule has 3 aromatic carbocycles. The Morgan fingerprint density at radius 1 is 0.538 bits per heavy atom. The molecule has 3 aromatic rings. The fourth-order valence-corrected chi connectivity index (χ4v) is 4.29. The molecular formula is C25H29B. The van der Waals surface area contributed by atoms with E-state index in [0.717, 1.165) is 0 Å². The SMILES string of the molecule is Cc1cccc(B(c2cc(C)c(C)cc2C)c2c(C)cc(C)cc2C)c1. The Kier molecular flexibility index (Phi) is 5.09. The molecule has 0 aliphatic heterocycles. The second kappa shape index (κ2) is 7.15. The maximum atomic E-state index is 2.40. The Hall–Kier alpha value is -2.28. The van der Waals surface area contributed by atoms with Gasteiger partial charge >= 0.3 is 0 Å². The lowest BCUT2D eigenvalue weighted by molar-refractivity contribution is 1.31. The lowest BCUT2D eigenvalue weighted by atomic mass is 9.34. The minimum absolute atomic E-state index is 0.273. The third kappa shape index (κ3) is 3.49. The molecule has 0 aliphatic rings. The monoisotopic (exact) mass is 340 g/mol. The van der Waals surface area contributed by atoms with E-state index in [4.69, 9.17) is 0 Å². The van der Waals surface area contributed by atoms with Crippen molar-refractivity contribution in [3.05, 3.63) is 87.5 Å². The van der Waals surface area contributed by atoms with Crippen molar-refractivity contribution >= 4 is 23.1 Å². The first kappa shape index (κ1) is 18.5. The van der Waals surface area contributed by atoms with E-state index in [1.807, 2.05) is 0 Å². The van der Waals surface area contributed by atoms with Gasteiger partial charge in [0.2, 0.25) is 6.71 Å². The van der Waals surface area contributed by atoms with Crippen LogP contribution in [0.5, 0.6) is 0 Å². The largest absolute Gasteiger partial charge is 0.242 e. The molecule has 132 valence electrons. The topological polar surface area (TPSA) is 0 Å². The summed E-state index contributed by atoms with van der Waals surface area (Å²) in [4.78, 5) is 0. The van der Waals surface area contributed by atoms with Crippen molar-refractivity contribution in [1.82, 2.24) is 0 Å². The second-order valence-corrected chi connectivity index (χ2v) is 7.95. The van der Waals surface area contributed by atoms with Crippen molar-refractivity contribution in [3.8, 4) is 0 Å². The maximum Gasteiger partial charge on any atom is 0.242 e. The number of benzene rings is 3. The van der Waals surface area contributed by atoms with E-state index < -0.39 is 0 Å². The quantitative estimate of drug-likeness (QED) is 0.622. The first-order valence-electron chi connectivity index (χ1n) is 9.50. The molecule has 0 nitrogen and oxygen atoms in total. The van der Waals surface area contributed by atoms with Crippen molar-refractivity contribution in [1.29, 1.82) is 0 Å². The van der Waals surface area contributed by atoms with Gasteiger partial charge in [-0.15, -0.1) is 0 Å². The molecule has 0 aromatic heterocycles. The van der Waals surface area contributed by atoms with Crippen LogP contribution < -0.4 is 16.4 Å². The van der Waals surface area contributed by atoms with E-state index in [9.17, 15) is 0 Å². The van der Waals surface area contributed by atoms with E-state index >= 15 is 0 Å². The van der Waals surface area contributed by atoms with Gasteiger partial charge in [0.05, 0.1) is 0 Å². The Morgan fingerprint density at radius 3 is 1.77 bits per heavy atom. The third-order valence-electron chi connectivity index (χ3n) is 5.60. The molecule has 0 atom stereocenters. The standard InChI is InChI=1S/C25H29B/c1-16-9-8-10-23(13-16)26(24-15-19(4)18(3)14-20(24)5)25-21(6)11-17(2)12-22(25)7/h8-15H,1-7H3. The molecule has 0 saturated heterocycles. The van der Waals surface area contributed by atoms with Crippen molar-refractivity contribution in [2.45, 2.75) is 48.5 Å². The van der Waals surface area contributed by atoms with Gasteiger partial charge in [-0.25, -0.2) is 0 Å². The summed E-state index contributed by atoms with van der Waals surface area (Å²) in [6.45, 7) is 15.8. The van der Waals surface area contributed by atoms with Crippen molar-refractivity contribution in [2.24, 2.45) is 0 Å². The average Bonchev–Trinajstić information content (AvgIpc) is 2.54. The van der Waals surface area contributed by atoms with Crippen LogP contribution in [-0.2, 0) is 0 Å². The van der Waals surface area contributed by atoms with Gasteiger partial charge in [-0.05, 0) is 59.6 Å². The van der Waals surface area contributed by atoms with E-state index in [2.05, 4.69) is 97.0 Å². The van der Waals surface area contributed by atoms with Crippen LogP contribution in [0.1, 0.15) is 38.9 Å². The molecule has 0 amide bonds. The summed E-state index contributed by atoms with van der Waals surface area (Å²) in [6, 6.07) is 18.4. The van der Waals surface area contributed by atoms with Crippen molar-refractivity contribution in [2.75, 3.05) is 0 Å². The van der Waals surface area contributed by atoms with Crippen LogP contribution in [0.3, 0.4) is 0 Å². The number of rotatable bonds is 3. The smallest absolute Gasteiger partial charge is 0.0684 e. The molecule has 3 rings (SSSR count). The molecule has 0 aliphatic carbocycles. The highest BCUT2D eigenvalue weighted by Crippen LogP contribution is 2.13. The van der Waals surface area contributed by atoms with Crippen LogP contribution in [0.2, 0.25) is 0 Å². The fourth-order valence-electron chi connectivity index (χ4n) is 4.29. The minimum Gasteiger partial charge on any atom is -0.0684 e. The van der Waals surface area contributed by atoms with Crippen LogP contribution in [0.4, 0.5) is 0 Å². The van der Waals surface area contributed by atoms with Crippen LogP contribution in [0, 0.1) is 48.5 Å². The summed E-state index contributed by atoms with van der Waals surface area (Å²) >= 11 is 0. The highest BCUT2D eigenvalue weighted by atomic mass is 14.1. The molecule has 0 saturated carbocycles. The summed E-state index contributed by atoms with van der Waals surface area (Å²) in [5.41, 5.74) is 13.8. The molecule has 26 heavy (non-hydrogen) atoms. The van der Waals surface area contributed by atoms with Crippen molar-refractivity contribution < 1.29 is 0 Å². The second-order valence-electron chi connectivity index (χ2n) is 7.95. The molecular weight excluding hydrogens is 311 g/mol. The molecule has 0 fully saturated rings. The zero-order valence-electron chi connectivity index (χ0n) is 17.2. The van der Waals surface area contributed by atoms with E-state index in [1.54, 1.807) is 0 Å². The zero-order chi connectivity index (χ0) is 19.0. The van der Waals surface area contributed by atoms with E-state index in [0.29, 0.717) is 0 Å². The van der Waals surface area contributed by atoms with Gasteiger partial charge in [-0.3, -0.25) is 0 Å². The zero-order valence-corrected chi connectivity index (χ0v) is 17.2. The van der Waals surface area contributed by atoms with Crippen LogP contribution in [-0.4, -0.2) is 6.71 Å².